The van der Waals surface area contributed by atoms with Gasteiger partial charge in [0.1, 0.15) is 5.82 Å². The Labute approximate surface area is 183 Å². The summed E-state index contributed by atoms with van der Waals surface area (Å²) in [5.74, 6) is -0.786. The number of benzene rings is 2. The number of anilines is 1. The van der Waals surface area contributed by atoms with Gasteiger partial charge in [0.25, 0.3) is 11.5 Å². The van der Waals surface area contributed by atoms with E-state index in [-0.39, 0.29) is 23.1 Å². The molecule has 0 spiro atoms. The van der Waals surface area contributed by atoms with Crippen LogP contribution >= 0.6 is 0 Å². The summed E-state index contributed by atoms with van der Waals surface area (Å²) in [7, 11) is 0. The van der Waals surface area contributed by atoms with Crippen LogP contribution in [0.4, 0.5) is 10.3 Å². The summed E-state index contributed by atoms with van der Waals surface area (Å²) in [4.78, 5) is 33.5. The van der Waals surface area contributed by atoms with E-state index >= 15 is 0 Å². The van der Waals surface area contributed by atoms with Gasteiger partial charge in [0.05, 0.1) is 17.4 Å². The number of hydrogen-bond acceptors (Lipinski definition) is 5. The summed E-state index contributed by atoms with van der Waals surface area (Å²) < 4.78 is 14.5. The summed E-state index contributed by atoms with van der Waals surface area (Å²) in [6.07, 6.45) is 1.56. The van der Waals surface area contributed by atoms with Crippen LogP contribution in [0.1, 0.15) is 30.2 Å². The van der Waals surface area contributed by atoms with Crippen molar-refractivity contribution in [1.29, 1.82) is 0 Å². The van der Waals surface area contributed by atoms with Gasteiger partial charge in [-0.3, -0.25) is 14.9 Å². The molecule has 0 aliphatic rings. The second-order valence-corrected chi connectivity index (χ2v) is 7.38. The topological polar surface area (TPSA) is 89.8 Å². The smallest absolute Gasteiger partial charge is 0.267 e. The van der Waals surface area contributed by atoms with Gasteiger partial charge in [-0.05, 0) is 44.2 Å². The van der Waals surface area contributed by atoms with E-state index in [2.05, 4.69) is 20.4 Å². The molecule has 1 N–H and O–H groups in total. The van der Waals surface area contributed by atoms with Gasteiger partial charge in [0.15, 0.2) is 0 Å². The minimum Gasteiger partial charge on any atom is -0.290 e. The summed E-state index contributed by atoms with van der Waals surface area (Å²) in [6, 6.07) is 17.6. The summed E-state index contributed by atoms with van der Waals surface area (Å²) >= 11 is 0. The molecule has 0 radical (unpaired) electrons. The van der Waals surface area contributed by atoms with Crippen molar-refractivity contribution in [2.45, 2.75) is 19.9 Å². The fourth-order valence-electron chi connectivity index (χ4n) is 3.16. The molecule has 0 atom stereocenters. The Kier molecular flexibility index (Phi) is 5.85. The Morgan fingerprint density at radius 3 is 2.41 bits per heavy atom. The first-order valence-corrected chi connectivity index (χ1v) is 10.0. The predicted molar refractivity (Wildman–Crippen MR) is 120 cm³/mol. The molecule has 0 saturated heterocycles. The van der Waals surface area contributed by atoms with Crippen molar-refractivity contribution in [3.8, 4) is 22.5 Å². The minimum absolute atomic E-state index is 0.0964. The molecule has 0 bridgehead atoms. The number of carbonyl (C=O) groups excluding carboxylic acids is 1. The van der Waals surface area contributed by atoms with Crippen molar-refractivity contribution in [1.82, 2.24) is 19.7 Å². The predicted octanol–water partition coefficient (Wildman–Crippen LogP) is 4.34. The van der Waals surface area contributed by atoms with Crippen molar-refractivity contribution in [2.24, 2.45) is 0 Å². The van der Waals surface area contributed by atoms with Gasteiger partial charge in [0.2, 0.25) is 5.95 Å². The molecule has 0 aliphatic heterocycles. The first-order valence-electron chi connectivity index (χ1n) is 10.0. The fraction of sp³-hybridized carbons (Fsp3) is 0.125. The highest BCUT2D eigenvalue weighted by atomic mass is 19.1. The van der Waals surface area contributed by atoms with Crippen molar-refractivity contribution >= 4 is 11.9 Å². The Bertz CT molecular complexity index is 1320. The van der Waals surface area contributed by atoms with E-state index in [1.807, 2.05) is 44.2 Å². The zero-order valence-corrected chi connectivity index (χ0v) is 17.5. The van der Waals surface area contributed by atoms with Crippen molar-refractivity contribution in [3.63, 3.8) is 0 Å². The molecule has 0 saturated carbocycles. The number of rotatable bonds is 5. The monoisotopic (exact) mass is 429 g/mol. The molecule has 0 unspecified atom stereocenters. The van der Waals surface area contributed by atoms with Crippen LogP contribution in [-0.2, 0) is 0 Å². The molecular formula is C24H20FN5O2. The number of hydrogen-bond donors (Lipinski definition) is 1. The molecule has 2 aromatic carbocycles. The maximum absolute atomic E-state index is 13.1. The van der Waals surface area contributed by atoms with Crippen LogP contribution in [-0.4, -0.2) is 25.7 Å². The number of carbonyl (C=O) groups is 1. The zero-order chi connectivity index (χ0) is 22.7. The molecule has 0 fully saturated rings. The highest BCUT2D eigenvalue weighted by Gasteiger charge is 2.16. The Morgan fingerprint density at radius 1 is 1.00 bits per heavy atom. The van der Waals surface area contributed by atoms with E-state index in [4.69, 9.17) is 0 Å². The fourth-order valence-corrected chi connectivity index (χ4v) is 3.16. The van der Waals surface area contributed by atoms with E-state index in [0.29, 0.717) is 17.0 Å². The average molecular weight is 429 g/mol. The second kappa shape index (κ2) is 8.89. The van der Waals surface area contributed by atoms with Gasteiger partial charge < -0.3 is 0 Å². The molecule has 160 valence electrons. The van der Waals surface area contributed by atoms with E-state index in [1.54, 1.807) is 12.3 Å². The highest BCUT2D eigenvalue weighted by molar-refractivity contribution is 6.03. The molecule has 2 heterocycles. The van der Waals surface area contributed by atoms with Crippen molar-refractivity contribution in [2.75, 3.05) is 5.32 Å². The van der Waals surface area contributed by atoms with Gasteiger partial charge in [0, 0.05) is 29.0 Å². The van der Waals surface area contributed by atoms with Crippen LogP contribution in [0.2, 0.25) is 0 Å². The van der Waals surface area contributed by atoms with Gasteiger partial charge in [-0.1, -0.05) is 30.3 Å². The van der Waals surface area contributed by atoms with E-state index in [0.717, 1.165) is 5.56 Å². The summed E-state index contributed by atoms with van der Waals surface area (Å²) in [5.41, 5.74) is 2.59. The molecule has 32 heavy (non-hydrogen) atoms. The van der Waals surface area contributed by atoms with Crippen LogP contribution in [0.25, 0.3) is 22.5 Å². The largest absolute Gasteiger partial charge is 0.290 e. The van der Waals surface area contributed by atoms with E-state index < -0.39 is 11.7 Å². The Balaban J connectivity index is 1.77. The Hall–Kier alpha value is -4.20. The minimum atomic E-state index is -0.455. The SMILES string of the molecule is CC(C)n1nc(-c2cnc(NC(=O)c3ccc(F)cc3)nc2-c2ccccc2)ccc1=O. The highest BCUT2D eigenvalue weighted by Crippen LogP contribution is 2.29. The molecule has 4 rings (SSSR count). The average Bonchev–Trinajstić information content (AvgIpc) is 2.80. The van der Waals surface area contributed by atoms with Crippen molar-refractivity contribution in [3.05, 3.63) is 94.7 Å². The number of nitrogens with one attached hydrogen (secondary N) is 1. The zero-order valence-electron chi connectivity index (χ0n) is 17.5. The lowest BCUT2D eigenvalue weighted by Crippen LogP contribution is -2.24. The maximum atomic E-state index is 13.1. The molecular weight excluding hydrogens is 409 g/mol. The standard InChI is InChI=1S/C24H20FN5O2/c1-15(2)30-21(31)13-12-20(29-30)19-14-26-24(27-22(19)16-6-4-3-5-7-16)28-23(32)17-8-10-18(25)11-9-17/h3-15H,1-2H3,(H,26,27,28,32). The van der Waals surface area contributed by atoms with Crippen LogP contribution in [0.3, 0.4) is 0 Å². The quantitative estimate of drug-likeness (QED) is 0.510. The van der Waals surface area contributed by atoms with E-state index in [9.17, 15) is 14.0 Å². The van der Waals surface area contributed by atoms with Crippen LogP contribution in [0, 0.1) is 5.82 Å². The molecule has 7 nitrogen and oxygen atoms in total. The third kappa shape index (κ3) is 4.44. The first kappa shape index (κ1) is 21.0. The summed E-state index contributed by atoms with van der Waals surface area (Å²) in [5, 5.41) is 7.12. The molecule has 2 aromatic heterocycles. The lowest BCUT2D eigenvalue weighted by atomic mass is 10.0. The molecule has 4 aromatic rings. The van der Waals surface area contributed by atoms with Gasteiger partial charge in [-0.2, -0.15) is 5.10 Å². The van der Waals surface area contributed by atoms with Crippen LogP contribution in [0.15, 0.2) is 77.7 Å². The second-order valence-electron chi connectivity index (χ2n) is 7.38. The molecule has 1 amide bonds. The van der Waals surface area contributed by atoms with Gasteiger partial charge in [-0.15, -0.1) is 0 Å². The van der Waals surface area contributed by atoms with Crippen LogP contribution < -0.4 is 10.9 Å². The number of halogens is 1. The summed E-state index contributed by atoms with van der Waals surface area (Å²) in [6.45, 7) is 3.75. The Morgan fingerprint density at radius 2 is 1.72 bits per heavy atom. The number of aromatic nitrogens is 4. The number of nitrogens with zero attached hydrogens (tertiary/aromatic N) is 4. The van der Waals surface area contributed by atoms with E-state index in [1.165, 1.54) is 35.0 Å². The van der Waals surface area contributed by atoms with Crippen LogP contribution in [0.5, 0.6) is 0 Å². The third-order valence-electron chi connectivity index (χ3n) is 4.76. The van der Waals surface area contributed by atoms with Gasteiger partial charge >= 0.3 is 0 Å². The normalized spacial score (nSPS) is 10.9. The number of amides is 1. The lowest BCUT2D eigenvalue weighted by molar-refractivity contribution is 0.102. The maximum Gasteiger partial charge on any atom is 0.267 e. The molecule has 0 aliphatic carbocycles. The van der Waals surface area contributed by atoms with Crippen molar-refractivity contribution < 1.29 is 9.18 Å². The third-order valence-corrected chi connectivity index (χ3v) is 4.76. The lowest BCUT2D eigenvalue weighted by Gasteiger charge is -2.13. The van der Waals surface area contributed by atoms with Gasteiger partial charge in [-0.25, -0.2) is 19.0 Å². The molecule has 8 heteroatoms. The first-order chi connectivity index (χ1) is 15.4.